The quantitative estimate of drug-likeness (QED) is 0.454. The third-order valence-corrected chi connectivity index (χ3v) is 4.98. The van der Waals surface area contributed by atoms with Crippen molar-refractivity contribution in [2.45, 2.75) is 13.0 Å². The van der Waals surface area contributed by atoms with E-state index in [1.54, 1.807) is 0 Å². The van der Waals surface area contributed by atoms with Crippen LogP contribution in [0.1, 0.15) is 12.0 Å². The van der Waals surface area contributed by atoms with Crippen LogP contribution in [0, 0.1) is 0 Å². The van der Waals surface area contributed by atoms with Gasteiger partial charge < -0.3 is 19.9 Å². The smallest absolute Gasteiger partial charge is 0.173 e. The van der Waals surface area contributed by atoms with E-state index in [4.69, 9.17) is 17.0 Å². The van der Waals surface area contributed by atoms with Gasteiger partial charge in [-0.2, -0.15) is 0 Å². The predicted molar refractivity (Wildman–Crippen MR) is 129 cm³/mol. The first-order valence-corrected chi connectivity index (χ1v) is 10.6. The fourth-order valence-corrected chi connectivity index (χ4v) is 3.34. The van der Waals surface area contributed by atoms with Crippen molar-refractivity contribution in [1.29, 1.82) is 0 Å². The highest BCUT2D eigenvalue weighted by Crippen LogP contribution is 2.23. The third-order valence-electron chi connectivity index (χ3n) is 4.62. The van der Waals surface area contributed by atoms with Gasteiger partial charge in [0.1, 0.15) is 11.5 Å². The Hall–Kier alpha value is -2.89. The molecule has 0 radical (unpaired) electrons. The van der Waals surface area contributed by atoms with E-state index in [-0.39, 0.29) is 0 Å². The number of rotatable bonds is 9. The Morgan fingerprint density at radius 1 is 0.800 bits per heavy atom. The predicted octanol–water partition coefficient (Wildman–Crippen LogP) is 5.63. The van der Waals surface area contributed by atoms with Crippen LogP contribution in [0.4, 0.5) is 5.69 Å². The average Bonchev–Trinajstić information content (AvgIpc) is 2.75. The van der Waals surface area contributed by atoms with Gasteiger partial charge in [-0.1, -0.05) is 48.5 Å². The highest BCUT2D eigenvalue weighted by Gasteiger charge is 2.11. The van der Waals surface area contributed by atoms with Gasteiger partial charge in [0.05, 0.1) is 0 Å². The number of benzene rings is 3. The summed E-state index contributed by atoms with van der Waals surface area (Å²) in [5.74, 6) is 1.62. The number of hydrogen-bond donors (Lipinski definition) is 1. The Balaban J connectivity index is 1.61. The van der Waals surface area contributed by atoms with E-state index in [9.17, 15) is 0 Å². The maximum absolute atomic E-state index is 5.86. The van der Waals surface area contributed by atoms with Gasteiger partial charge >= 0.3 is 0 Å². The molecule has 0 saturated carbocycles. The second-order valence-corrected chi connectivity index (χ2v) is 7.82. The molecule has 0 aliphatic rings. The first-order valence-electron chi connectivity index (χ1n) is 10.2. The lowest BCUT2D eigenvalue weighted by atomic mass is 10.2. The van der Waals surface area contributed by atoms with Crippen LogP contribution in [0.25, 0.3) is 0 Å². The maximum atomic E-state index is 5.86. The van der Waals surface area contributed by atoms with Crippen LogP contribution in [0.3, 0.4) is 0 Å². The summed E-state index contributed by atoms with van der Waals surface area (Å²) in [7, 11) is 4.19. The largest absolute Gasteiger partial charge is 0.457 e. The molecule has 156 valence electrons. The first-order chi connectivity index (χ1) is 14.6. The summed E-state index contributed by atoms with van der Waals surface area (Å²) in [6, 6.07) is 28.1. The van der Waals surface area contributed by atoms with Gasteiger partial charge in [0, 0.05) is 18.8 Å². The van der Waals surface area contributed by atoms with Crippen LogP contribution in [-0.2, 0) is 6.54 Å². The lowest BCUT2D eigenvalue weighted by molar-refractivity contribution is 0.346. The zero-order chi connectivity index (χ0) is 21.2. The van der Waals surface area contributed by atoms with Gasteiger partial charge in [-0.3, -0.25) is 0 Å². The summed E-state index contributed by atoms with van der Waals surface area (Å²) in [6.07, 6.45) is 1.05. The van der Waals surface area contributed by atoms with Crippen LogP contribution in [0.5, 0.6) is 11.5 Å². The second-order valence-electron chi connectivity index (χ2n) is 7.43. The molecule has 3 rings (SSSR count). The molecule has 5 heteroatoms. The fourth-order valence-electron chi connectivity index (χ4n) is 3.07. The lowest BCUT2D eigenvalue weighted by Gasteiger charge is -2.27. The van der Waals surface area contributed by atoms with Gasteiger partial charge in [-0.05, 0) is 81.2 Å². The molecule has 0 aromatic heterocycles. The number of hydrogen-bond acceptors (Lipinski definition) is 3. The molecule has 3 aromatic carbocycles. The Morgan fingerprint density at radius 3 is 2.03 bits per heavy atom. The fraction of sp³-hybridized carbons (Fsp3) is 0.240. The summed E-state index contributed by atoms with van der Waals surface area (Å²) in [5, 5.41) is 4.11. The van der Waals surface area contributed by atoms with Gasteiger partial charge in [-0.25, -0.2) is 0 Å². The van der Waals surface area contributed by atoms with Crippen molar-refractivity contribution >= 4 is 23.0 Å². The zero-order valence-electron chi connectivity index (χ0n) is 17.6. The monoisotopic (exact) mass is 419 g/mol. The number of para-hydroxylation sites is 1. The molecule has 0 fully saturated rings. The third kappa shape index (κ3) is 7.17. The van der Waals surface area contributed by atoms with Gasteiger partial charge in [-0.15, -0.1) is 0 Å². The molecule has 0 bridgehead atoms. The topological polar surface area (TPSA) is 27.7 Å². The van der Waals surface area contributed by atoms with Gasteiger partial charge in [0.15, 0.2) is 5.11 Å². The van der Waals surface area contributed by atoms with E-state index in [1.165, 1.54) is 5.56 Å². The minimum absolute atomic E-state index is 0.731. The molecule has 4 nitrogen and oxygen atoms in total. The first kappa shape index (κ1) is 21.8. The van der Waals surface area contributed by atoms with E-state index < -0.39 is 0 Å². The van der Waals surface area contributed by atoms with E-state index in [0.29, 0.717) is 0 Å². The average molecular weight is 420 g/mol. The van der Waals surface area contributed by atoms with Gasteiger partial charge in [0.2, 0.25) is 0 Å². The molecule has 0 spiro atoms. The van der Waals surface area contributed by atoms with Crippen molar-refractivity contribution in [1.82, 2.24) is 9.80 Å². The normalized spacial score (nSPS) is 10.6. The van der Waals surface area contributed by atoms with Crippen LogP contribution < -0.4 is 10.1 Å². The van der Waals surface area contributed by atoms with Crippen molar-refractivity contribution in [3.8, 4) is 11.5 Å². The number of ether oxygens (including phenoxy) is 1. The Labute approximate surface area is 185 Å². The Bertz CT molecular complexity index is 899. The maximum Gasteiger partial charge on any atom is 0.173 e. The molecule has 30 heavy (non-hydrogen) atoms. The molecule has 0 aliphatic carbocycles. The van der Waals surface area contributed by atoms with Crippen molar-refractivity contribution < 1.29 is 4.74 Å². The molecule has 0 saturated heterocycles. The Kier molecular flexibility index (Phi) is 8.24. The molecule has 0 atom stereocenters. The van der Waals surface area contributed by atoms with Crippen molar-refractivity contribution in [3.05, 3.63) is 90.5 Å². The standard InChI is InChI=1S/C25H29N3OS/c1-27(2)18-9-19-28(20-21-10-5-3-6-11-21)25(30)26-22-14-16-24(17-15-22)29-23-12-7-4-8-13-23/h3-8,10-17H,9,18-20H2,1-2H3,(H,26,30). The zero-order valence-corrected chi connectivity index (χ0v) is 18.4. The summed E-state index contributed by atoms with van der Waals surface area (Å²) in [5.41, 5.74) is 2.20. The molecule has 1 N–H and O–H groups in total. The highest BCUT2D eigenvalue weighted by atomic mass is 32.1. The molecular formula is C25H29N3OS. The molecule has 0 heterocycles. The summed E-state index contributed by atoms with van der Waals surface area (Å²) < 4.78 is 5.86. The number of nitrogens with one attached hydrogen (secondary N) is 1. The molecular weight excluding hydrogens is 390 g/mol. The van der Waals surface area contributed by atoms with E-state index in [0.717, 1.165) is 48.4 Å². The van der Waals surface area contributed by atoms with Crippen molar-refractivity contribution in [2.75, 3.05) is 32.5 Å². The minimum Gasteiger partial charge on any atom is -0.457 e. The van der Waals surface area contributed by atoms with Crippen LogP contribution in [-0.4, -0.2) is 42.1 Å². The van der Waals surface area contributed by atoms with Crippen molar-refractivity contribution in [3.63, 3.8) is 0 Å². The summed E-state index contributed by atoms with van der Waals surface area (Å²) >= 11 is 5.74. The van der Waals surface area contributed by atoms with E-state index >= 15 is 0 Å². The number of thiocarbonyl (C=S) groups is 1. The van der Waals surface area contributed by atoms with Crippen LogP contribution in [0.15, 0.2) is 84.9 Å². The second kappa shape index (κ2) is 11.3. The molecule has 0 unspecified atom stereocenters. The Morgan fingerprint density at radius 2 is 1.40 bits per heavy atom. The SMILES string of the molecule is CN(C)CCCN(Cc1ccccc1)C(=S)Nc1ccc(Oc2ccccc2)cc1. The highest BCUT2D eigenvalue weighted by molar-refractivity contribution is 7.80. The van der Waals surface area contributed by atoms with Crippen LogP contribution >= 0.6 is 12.2 Å². The van der Waals surface area contributed by atoms with E-state index in [1.807, 2.05) is 60.7 Å². The number of anilines is 1. The lowest BCUT2D eigenvalue weighted by Crippen LogP contribution is -2.36. The molecule has 0 amide bonds. The van der Waals surface area contributed by atoms with Crippen molar-refractivity contribution in [2.24, 2.45) is 0 Å². The molecule has 0 aliphatic heterocycles. The van der Waals surface area contributed by atoms with Gasteiger partial charge in [0.25, 0.3) is 0 Å². The minimum atomic E-state index is 0.731. The molecule has 3 aromatic rings. The van der Waals surface area contributed by atoms with Crippen LogP contribution in [0.2, 0.25) is 0 Å². The summed E-state index contributed by atoms with van der Waals surface area (Å²) in [6.45, 7) is 2.71. The summed E-state index contributed by atoms with van der Waals surface area (Å²) in [4.78, 5) is 4.42. The van der Waals surface area contributed by atoms with E-state index in [2.05, 4.69) is 53.5 Å². The number of nitrogens with zero attached hydrogens (tertiary/aromatic N) is 2.